The second kappa shape index (κ2) is 13.6. The summed E-state index contributed by atoms with van der Waals surface area (Å²) in [4.78, 5) is 11.7. The fourth-order valence-corrected chi connectivity index (χ4v) is 2.84. The maximum Gasteiger partial charge on any atom is 0.305 e. The lowest BCUT2D eigenvalue weighted by atomic mass is 10.1. The molecule has 0 fully saturated rings. The molecule has 4 nitrogen and oxygen atoms in total. The lowest BCUT2D eigenvalue weighted by molar-refractivity contribution is -0.143. The van der Waals surface area contributed by atoms with Crippen molar-refractivity contribution in [1.82, 2.24) is 0 Å². The van der Waals surface area contributed by atoms with E-state index in [2.05, 4.69) is 6.92 Å². The molecule has 0 saturated carbocycles. The van der Waals surface area contributed by atoms with Gasteiger partial charge in [-0.25, -0.2) is 0 Å². The molecule has 0 unspecified atom stereocenters. The molecule has 4 heteroatoms. The summed E-state index contributed by atoms with van der Waals surface area (Å²) in [5.41, 5.74) is 0.922. The molecule has 0 aliphatic heterocycles. The number of carbonyl (C=O) groups is 1. The van der Waals surface area contributed by atoms with Crippen LogP contribution in [0.4, 0.5) is 0 Å². The van der Waals surface area contributed by atoms with E-state index in [1.807, 2.05) is 0 Å². The average molecular weight is 350 g/mol. The molecular weight excluding hydrogens is 316 g/mol. The van der Waals surface area contributed by atoms with Gasteiger partial charge in [-0.1, -0.05) is 64.4 Å². The first-order valence-corrected chi connectivity index (χ1v) is 9.80. The van der Waals surface area contributed by atoms with E-state index in [0.29, 0.717) is 25.9 Å². The highest BCUT2D eigenvalue weighted by molar-refractivity contribution is 5.69. The van der Waals surface area contributed by atoms with Crippen molar-refractivity contribution in [2.45, 2.75) is 84.0 Å². The topological polar surface area (TPSA) is 66.8 Å². The maximum absolute atomic E-state index is 11.7. The Bertz CT molecular complexity index is 485. The Morgan fingerprint density at radius 1 is 0.880 bits per heavy atom. The van der Waals surface area contributed by atoms with Gasteiger partial charge in [0.05, 0.1) is 6.61 Å². The van der Waals surface area contributed by atoms with Crippen molar-refractivity contribution in [2.75, 3.05) is 6.61 Å². The number of phenols is 2. The summed E-state index contributed by atoms with van der Waals surface area (Å²) in [6.45, 7) is 2.63. The van der Waals surface area contributed by atoms with Crippen LogP contribution in [-0.4, -0.2) is 22.8 Å². The Labute approximate surface area is 152 Å². The third kappa shape index (κ3) is 10.7. The lowest BCUT2D eigenvalue weighted by Crippen LogP contribution is -2.06. The van der Waals surface area contributed by atoms with Crippen LogP contribution in [0.2, 0.25) is 0 Å². The van der Waals surface area contributed by atoms with Crippen molar-refractivity contribution < 1.29 is 19.7 Å². The minimum absolute atomic E-state index is 0.111. The molecule has 0 radical (unpaired) electrons. The second-order valence-electron chi connectivity index (χ2n) is 6.73. The normalized spacial score (nSPS) is 10.8. The molecule has 0 saturated heterocycles. The summed E-state index contributed by atoms with van der Waals surface area (Å²) in [6.07, 6.45) is 13.1. The predicted octanol–water partition coefficient (Wildman–Crippen LogP) is 5.49. The van der Waals surface area contributed by atoms with Crippen LogP contribution in [0.1, 0.15) is 83.1 Å². The summed E-state index contributed by atoms with van der Waals surface area (Å²) < 4.78 is 5.24. The van der Waals surface area contributed by atoms with Gasteiger partial charge < -0.3 is 14.9 Å². The van der Waals surface area contributed by atoms with Crippen LogP contribution in [0.25, 0.3) is 0 Å². The second-order valence-corrected chi connectivity index (χ2v) is 6.73. The smallest absolute Gasteiger partial charge is 0.305 e. The van der Waals surface area contributed by atoms with Crippen LogP contribution in [0.3, 0.4) is 0 Å². The Balaban J connectivity index is 1.94. The molecule has 1 rings (SSSR count). The van der Waals surface area contributed by atoms with E-state index in [-0.39, 0.29) is 17.5 Å². The molecule has 1 aromatic rings. The van der Waals surface area contributed by atoms with Crippen molar-refractivity contribution >= 4 is 5.97 Å². The van der Waals surface area contributed by atoms with Crippen LogP contribution in [0, 0.1) is 0 Å². The first-order chi connectivity index (χ1) is 12.1. The Morgan fingerprint density at radius 3 is 2.16 bits per heavy atom. The molecule has 0 aliphatic rings. The standard InChI is InChI=1S/C21H34O4/c1-2-3-4-5-6-7-8-9-10-13-21(24)25-16-11-12-18-14-15-19(22)20(23)17-18/h14-15,17,22-23H,2-13,16H2,1H3. The van der Waals surface area contributed by atoms with Crippen molar-refractivity contribution in [3.8, 4) is 11.5 Å². The van der Waals surface area contributed by atoms with E-state index in [1.54, 1.807) is 12.1 Å². The lowest BCUT2D eigenvalue weighted by Gasteiger charge is -2.06. The summed E-state index contributed by atoms with van der Waals surface area (Å²) in [5, 5.41) is 18.7. The number of hydrogen-bond donors (Lipinski definition) is 2. The number of ether oxygens (including phenoxy) is 1. The van der Waals surface area contributed by atoms with Gasteiger partial charge in [-0.05, 0) is 37.0 Å². The molecule has 0 bridgehead atoms. The Morgan fingerprint density at radius 2 is 1.52 bits per heavy atom. The van der Waals surface area contributed by atoms with Gasteiger partial charge in [0.1, 0.15) is 0 Å². The van der Waals surface area contributed by atoms with Gasteiger partial charge in [-0.3, -0.25) is 4.79 Å². The number of carbonyl (C=O) groups excluding carboxylic acids is 1. The van der Waals surface area contributed by atoms with Gasteiger partial charge in [-0.15, -0.1) is 0 Å². The molecule has 0 aromatic heterocycles. The van der Waals surface area contributed by atoms with Crippen LogP contribution >= 0.6 is 0 Å². The number of unbranched alkanes of at least 4 members (excludes halogenated alkanes) is 8. The van der Waals surface area contributed by atoms with Gasteiger partial charge in [0.25, 0.3) is 0 Å². The number of benzene rings is 1. The van der Waals surface area contributed by atoms with Gasteiger partial charge in [-0.2, -0.15) is 0 Å². The van der Waals surface area contributed by atoms with Crippen LogP contribution in [0.5, 0.6) is 11.5 Å². The molecule has 0 amide bonds. The fraction of sp³-hybridized carbons (Fsp3) is 0.667. The summed E-state index contributed by atoms with van der Waals surface area (Å²) >= 11 is 0. The minimum Gasteiger partial charge on any atom is -0.504 e. The van der Waals surface area contributed by atoms with Gasteiger partial charge in [0, 0.05) is 6.42 Å². The third-order valence-electron chi connectivity index (χ3n) is 4.40. The van der Waals surface area contributed by atoms with E-state index in [0.717, 1.165) is 18.4 Å². The molecule has 0 aliphatic carbocycles. The Kier molecular flexibility index (Phi) is 11.6. The van der Waals surface area contributed by atoms with Gasteiger partial charge in [0.2, 0.25) is 0 Å². The quantitative estimate of drug-likeness (QED) is 0.264. The largest absolute Gasteiger partial charge is 0.504 e. The van der Waals surface area contributed by atoms with Gasteiger partial charge >= 0.3 is 5.97 Å². The number of rotatable bonds is 14. The minimum atomic E-state index is -0.115. The summed E-state index contributed by atoms with van der Waals surface area (Å²) in [6, 6.07) is 4.78. The zero-order valence-corrected chi connectivity index (χ0v) is 15.6. The van der Waals surface area contributed by atoms with Crippen molar-refractivity contribution in [3.63, 3.8) is 0 Å². The molecule has 0 heterocycles. The van der Waals surface area contributed by atoms with E-state index >= 15 is 0 Å². The highest BCUT2D eigenvalue weighted by Gasteiger charge is 2.04. The number of esters is 1. The zero-order chi connectivity index (χ0) is 18.3. The highest BCUT2D eigenvalue weighted by atomic mass is 16.5. The first kappa shape index (κ1) is 21.3. The number of hydrogen-bond acceptors (Lipinski definition) is 4. The number of phenolic OH excluding ortho intramolecular Hbond substituents is 2. The monoisotopic (exact) mass is 350 g/mol. The predicted molar refractivity (Wildman–Crippen MR) is 101 cm³/mol. The Hall–Kier alpha value is -1.71. The molecule has 142 valence electrons. The zero-order valence-electron chi connectivity index (χ0n) is 15.6. The van der Waals surface area contributed by atoms with E-state index in [9.17, 15) is 15.0 Å². The van der Waals surface area contributed by atoms with Crippen molar-refractivity contribution in [3.05, 3.63) is 23.8 Å². The van der Waals surface area contributed by atoms with E-state index in [4.69, 9.17) is 4.74 Å². The molecule has 0 atom stereocenters. The molecular formula is C21H34O4. The van der Waals surface area contributed by atoms with Crippen molar-refractivity contribution in [1.29, 1.82) is 0 Å². The molecule has 0 spiro atoms. The average Bonchev–Trinajstić information content (AvgIpc) is 2.60. The number of aromatic hydroxyl groups is 2. The van der Waals surface area contributed by atoms with Crippen LogP contribution < -0.4 is 0 Å². The number of aryl methyl sites for hydroxylation is 1. The SMILES string of the molecule is CCCCCCCCCCCC(=O)OCCCc1ccc(O)c(O)c1. The van der Waals surface area contributed by atoms with Gasteiger partial charge in [0.15, 0.2) is 11.5 Å². The summed E-state index contributed by atoms with van der Waals surface area (Å²) in [7, 11) is 0. The summed E-state index contributed by atoms with van der Waals surface area (Å²) in [5.74, 6) is -0.340. The molecule has 1 aromatic carbocycles. The van der Waals surface area contributed by atoms with Crippen LogP contribution in [-0.2, 0) is 16.0 Å². The third-order valence-corrected chi connectivity index (χ3v) is 4.40. The maximum atomic E-state index is 11.7. The van der Waals surface area contributed by atoms with E-state index in [1.165, 1.54) is 51.0 Å². The first-order valence-electron chi connectivity index (χ1n) is 9.80. The van der Waals surface area contributed by atoms with Crippen LogP contribution in [0.15, 0.2) is 18.2 Å². The molecule has 2 N–H and O–H groups in total. The van der Waals surface area contributed by atoms with Crippen molar-refractivity contribution in [2.24, 2.45) is 0 Å². The highest BCUT2D eigenvalue weighted by Crippen LogP contribution is 2.25. The molecule has 25 heavy (non-hydrogen) atoms. The fourth-order valence-electron chi connectivity index (χ4n) is 2.84. The van der Waals surface area contributed by atoms with E-state index < -0.39 is 0 Å².